The monoisotopic (exact) mass is 1450 g/mol. The average Bonchev–Trinajstić information content (AvgIpc) is 1.53. The fourth-order valence-corrected chi connectivity index (χ4v) is 18.3. The van der Waals surface area contributed by atoms with Crippen molar-refractivity contribution < 1.29 is 8.83 Å². The molecule has 8 nitrogen and oxygen atoms in total. The van der Waals surface area contributed by atoms with Crippen LogP contribution in [0.2, 0.25) is 0 Å². The first-order valence-electron chi connectivity index (χ1n) is 38.6. The van der Waals surface area contributed by atoms with Crippen LogP contribution in [0.5, 0.6) is 0 Å². The molecule has 0 amide bonds. The highest BCUT2D eigenvalue weighted by Gasteiger charge is 2.48. The maximum atomic E-state index is 6.70. The molecular weight excluding hydrogens is 1390 g/mol. The first-order chi connectivity index (χ1) is 56.5. The van der Waals surface area contributed by atoms with Crippen LogP contribution in [0, 0.1) is 0 Å². The van der Waals surface area contributed by atoms with Gasteiger partial charge in [0.05, 0.1) is 10.8 Å². The van der Waals surface area contributed by atoms with Crippen molar-refractivity contribution >= 4 is 65.4 Å². The molecule has 2 aliphatic rings. The van der Waals surface area contributed by atoms with Crippen molar-refractivity contribution in [1.82, 2.24) is 29.9 Å². The summed E-state index contributed by atoms with van der Waals surface area (Å²) < 4.78 is 13.3. The molecule has 0 N–H and O–H groups in total. The van der Waals surface area contributed by atoms with Gasteiger partial charge in [-0.25, -0.2) is 29.9 Å². The molecule has 0 saturated carbocycles. The summed E-state index contributed by atoms with van der Waals surface area (Å²) >= 11 is 0. The molecule has 532 valence electrons. The topological polar surface area (TPSA) is 104 Å². The summed E-state index contributed by atoms with van der Waals surface area (Å²) in [6, 6.07) is 141. The first-order valence-corrected chi connectivity index (χ1v) is 38.6. The Morgan fingerprint density at radius 2 is 0.509 bits per heavy atom. The molecule has 0 atom stereocenters. The van der Waals surface area contributed by atoms with Gasteiger partial charge >= 0.3 is 0 Å². The molecule has 0 unspecified atom stereocenters. The van der Waals surface area contributed by atoms with Crippen molar-refractivity contribution in [1.29, 1.82) is 0 Å². The normalized spacial score (nSPS) is 12.9. The minimum atomic E-state index is -0.530. The van der Waals surface area contributed by atoms with Crippen LogP contribution in [0.4, 0.5) is 0 Å². The van der Waals surface area contributed by atoms with Crippen LogP contribution in [-0.2, 0) is 10.8 Å². The highest BCUT2D eigenvalue weighted by Crippen LogP contribution is 2.59. The van der Waals surface area contributed by atoms with Crippen molar-refractivity contribution in [2.75, 3.05) is 0 Å². The van der Waals surface area contributed by atoms with Crippen LogP contribution >= 0.6 is 0 Å². The lowest BCUT2D eigenvalue weighted by molar-refractivity contribution is 0.667. The number of furan rings is 2. The summed E-state index contributed by atoms with van der Waals surface area (Å²) in [7, 11) is 0. The molecule has 0 fully saturated rings. The lowest BCUT2D eigenvalue weighted by Crippen LogP contribution is -2.28. The van der Waals surface area contributed by atoms with E-state index < -0.39 is 10.8 Å². The number of aromatic nitrogens is 6. The summed E-state index contributed by atoms with van der Waals surface area (Å²) in [4.78, 5) is 30.6. The summed E-state index contributed by atoms with van der Waals surface area (Å²) in [6.07, 6.45) is 0. The maximum absolute atomic E-state index is 6.70. The molecule has 0 bridgehead atoms. The third-order valence-electron chi connectivity index (χ3n) is 23.2. The van der Waals surface area contributed by atoms with E-state index in [0.717, 1.165) is 105 Å². The van der Waals surface area contributed by atoms with Crippen LogP contribution in [0.1, 0.15) is 44.5 Å². The molecule has 0 spiro atoms. The zero-order chi connectivity index (χ0) is 75.3. The van der Waals surface area contributed by atoms with Gasteiger partial charge in [-0.15, -0.1) is 0 Å². The third-order valence-corrected chi connectivity index (χ3v) is 23.2. The van der Waals surface area contributed by atoms with Gasteiger partial charge in [-0.3, -0.25) is 0 Å². The lowest BCUT2D eigenvalue weighted by atomic mass is 9.67. The number of benzene rings is 17. The fraction of sp³-hybridized carbons (Fsp3) is 0.0189. The predicted molar refractivity (Wildman–Crippen MR) is 462 cm³/mol. The van der Waals surface area contributed by atoms with Crippen molar-refractivity contribution in [2.24, 2.45) is 0 Å². The molecule has 21 aromatic rings. The predicted octanol–water partition coefficient (Wildman–Crippen LogP) is 26.2. The number of rotatable bonds is 11. The second-order valence-electron chi connectivity index (χ2n) is 29.4. The third kappa shape index (κ3) is 10.5. The molecule has 0 radical (unpaired) electrons. The molecule has 4 aromatic heterocycles. The second kappa shape index (κ2) is 26.9. The van der Waals surface area contributed by atoms with Gasteiger partial charge in [-0.05, 0) is 142 Å². The Labute approximate surface area is 657 Å². The van der Waals surface area contributed by atoms with Gasteiger partial charge in [-0.2, -0.15) is 0 Å². The Kier molecular flexibility index (Phi) is 15.5. The van der Waals surface area contributed by atoms with E-state index in [4.69, 9.17) is 38.7 Å². The van der Waals surface area contributed by atoms with E-state index in [-0.39, 0.29) is 0 Å². The molecule has 2 aliphatic carbocycles. The lowest BCUT2D eigenvalue weighted by Gasteiger charge is -2.33. The van der Waals surface area contributed by atoms with Gasteiger partial charge in [0.2, 0.25) is 0 Å². The number of fused-ring (bicyclic) bond motifs is 14. The summed E-state index contributed by atoms with van der Waals surface area (Å²) in [6.45, 7) is 0. The zero-order valence-electron chi connectivity index (χ0n) is 61.6. The van der Waals surface area contributed by atoms with Crippen molar-refractivity contribution in [3.8, 4) is 102 Å². The zero-order valence-corrected chi connectivity index (χ0v) is 61.6. The Bertz CT molecular complexity index is 7220. The van der Waals surface area contributed by atoms with Crippen LogP contribution in [-0.4, -0.2) is 29.9 Å². The molecular formula is C106H66N6O2. The number of hydrogen-bond donors (Lipinski definition) is 0. The van der Waals surface area contributed by atoms with Gasteiger partial charge in [0.1, 0.15) is 22.3 Å². The minimum absolute atomic E-state index is 0.517. The first kappa shape index (κ1) is 65.9. The highest BCUT2D eigenvalue weighted by molar-refractivity contribution is 6.17. The van der Waals surface area contributed by atoms with Crippen molar-refractivity contribution in [2.45, 2.75) is 10.8 Å². The SMILES string of the molecule is c1ccc(-c2nc(-c3ccc4ccccc4c3)nc(-c3cccc4oc5ccc(C6(c7ccccc7)c7ccccc7-c7ccccc76)cc5c34)n2)cc1.c1ccc(-c2nc(-c3ccccc3)nc(-c3cccc4c(-c5cccc6oc7ccc(C8(c9ccccc9)c9ccccc9-c9ccccc98)cc7c56)cccc34)n2)cc1. The van der Waals surface area contributed by atoms with Crippen LogP contribution < -0.4 is 0 Å². The van der Waals surface area contributed by atoms with E-state index in [2.05, 4.69) is 297 Å². The fourth-order valence-electron chi connectivity index (χ4n) is 18.3. The van der Waals surface area contributed by atoms with Crippen LogP contribution in [0.15, 0.2) is 409 Å². The molecule has 0 saturated heterocycles. The number of hydrogen-bond acceptors (Lipinski definition) is 8. The van der Waals surface area contributed by atoms with Gasteiger partial charge < -0.3 is 8.83 Å². The largest absolute Gasteiger partial charge is 0.456 e. The summed E-state index contributed by atoms with van der Waals surface area (Å²) in [5.41, 5.74) is 25.1. The molecule has 8 heteroatoms. The van der Waals surface area contributed by atoms with Gasteiger partial charge in [0, 0.05) is 54.9 Å². The Morgan fingerprint density at radius 1 is 0.175 bits per heavy atom. The molecule has 4 heterocycles. The Balaban J connectivity index is 0.000000140. The quantitative estimate of drug-likeness (QED) is 0.126. The Morgan fingerprint density at radius 3 is 0.974 bits per heavy atom. The van der Waals surface area contributed by atoms with E-state index >= 15 is 0 Å². The van der Waals surface area contributed by atoms with Crippen molar-refractivity contribution in [3.63, 3.8) is 0 Å². The smallest absolute Gasteiger partial charge is 0.164 e. The summed E-state index contributed by atoms with van der Waals surface area (Å²) in [5.74, 6) is 3.75. The van der Waals surface area contributed by atoms with E-state index in [1.807, 2.05) is 103 Å². The van der Waals surface area contributed by atoms with Crippen LogP contribution in [0.3, 0.4) is 0 Å². The molecule has 23 rings (SSSR count). The van der Waals surface area contributed by atoms with Crippen molar-refractivity contribution in [3.05, 3.63) is 445 Å². The maximum Gasteiger partial charge on any atom is 0.164 e. The minimum Gasteiger partial charge on any atom is -0.456 e. The van der Waals surface area contributed by atoms with E-state index in [1.54, 1.807) is 0 Å². The van der Waals surface area contributed by atoms with Gasteiger partial charge in [-0.1, -0.05) is 358 Å². The number of nitrogens with zero attached hydrogens (tertiary/aromatic N) is 6. The second-order valence-corrected chi connectivity index (χ2v) is 29.4. The van der Waals surface area contributed by atoms with E-state index in [9.17, 15) is 0 Å². The molecule has 114 heavy (non-hydrogen) atoms. The van der Waals surface area contributed by atoms with Gasteiger partial charge in [0.15, 0.2) is 34.9 Å². The molecule has 17 aromatic carbocycles. The Hall–Kier alpha value is -15.1. The molecule has 0 aliphatic heterocycles. The van der Waals surface area contributed by atoms with Crippen LogP contribution in [0.25, 0.3) is 167 Å². The van der Waals surface area contributed by atoms with Gasteiger partial charge in [0.25, 0.3) is 0 Å². The standard InChI is InChI=1S/C56H35N3O.C50H31N3O/c1-4-17-36(18-5-1)53-57-54(37-19-6-2-7-20-37)59-55(58-53)46-29-15-25-40-41(26-14-27-42(40)46)45-28-16-32-51-52(45)47-35-39(33-34-50(47)60-51)56(38-21-8-3-9-22-38)48-30-12-10-23-43(48)44-24-11-13-31-49(44)56;1-3-15-33(16-4-1)47-51-48(35-27-26-32-14-7-8-17-34(32)30-35)53-49(52-47)40-22-13-25-45-46(40)41-31-37(28-29-44(41)54-45)50(36-18-5-2-6-19-36)42-23-11-9-20-38(42)39-21-10-12-24-43(39)50/h1-35H;1-31H. The van der Waals surface area contributed by atoms with E-state index in [0.29, 0.717) is 34.9 Å². The highest BCUT2D eigenvalue weighted by atomic mass is 16.3. The summed E-state index contributed by atoms with van der Waals surface area (Å²) in [5, 5.41) is 8.65. The average molecular weight is 1460 g/mol. The van der Waals surface area contributed by atoms with E-state index in [1.165, 1.54) is 72.1 Å².